The van der Waals surface area contributed by atoms with Crippen LogP contribution in [0.3, 0.4) is 0 Å². The van der Waals surface area contributed by atoms with E-state index in [4.69, 9.17) is 0 Å². The molecule has 0 atom stereocenters. The topological polar surface area (TPSA) is 89.4 Å². The van der Waals surface area contributed by atoms with E-state index < -0.39 is 11.8 Å². The van der Waals surface area contributed by atoms with Crippen molar-refractivity contribution < 1.29 is 9.59 Å². The summed E-state index contributed by atoms with van der Waals surface area (Å²) >= 11 is 0. The third-order valence-electron chi connectivity index (χ3n) is 5.17. The molecular weight excluding hydrogens is 416 g/mol. The van der Waals surface area contributed by atoms with E-state index >= 15 is 0 Å². The van der Waals surface area contributed by atoms with Gasteiger partial charge < -0.3 is 9.80 Å². The fourth-order valence-electron chi connectivity index (χ4n) is 3.30. The highest BCUT2D eigenvalue weighted by molar-refractivity contribution is 5.97. The third-order valence-corrected chi connectivity index (χ3v) is 5.17. The lowest BCUT2D eigenvalue weighted by Crippen LogP contribution is -2.27. The number of hydrogen-bond donors (Lipinski definition) is 2. The number of nitrogens with one attached hydrogen (secondary N) is 2. The maximum Gasteiger partial charge on any atom is 0.249 e. The van der Waals surface area contributed by atoms with Crippen LogP contribution < -0.4 is 20.7 Å². The van der Waals surface area contributed by atoms with Crippen LogP contribution in [0, 0.1) is 0 Å². The van der Waals surface area contributed by atoms with Crippen LogP contribution in [-0.2, 0) is 9.59 Å². The van der Waals surface area contributed by atoms with Gasteiger partial charge in [0.05, 0.1) is 12.4 Å². The second-order valence-corrected chi connectivity index (χ2v) is 7.29. The highest BCUT2D eigenvalue weighted by Gasteiger charge is 2.07. The number of hydrogen-bond acceptors (Lipinski definition) is 6. The first kappa shape index (κ1) is 25.6. The Kier molecular flexibility index (Phi) is 10.6. The first-order chi connectivity index (χ1) is 16.0. The van der Waals surface area contributed by atoms with Gasteiger partial charge in [0.1, 0.15) is 6.42 Å². The lowest BCUT2D eigenvalue weighted by atomic mass is 10.2. The Bertz CT molecular complexity index is 853. The Morgan fingerprint density at radius 3 is 1.30 bits per heavy atom. The molecule has 176 valence electrons. The molecule has 0 heterocycles. The normalized spacial score (nSPS) is 11.0. The molecule has 0 radical (unpaired) electrons. The molecule has 2 aromatic rings. The van der Waals surface area contributed by atoms with E-state index in [-0.39, 0.29) is 6.42 Å². The summed E-state index contributed by atoms with van der Waals surface area (Å²) in [5.41, 5.74) is 8.70. The third kappa shape index (κ3) is 8.40. The number of rotatable bonds is 12. The van der Waals surface area contributed by atoms with E-state index in [9.17, 15) is 9.59 Å². The van der Waals surface area contributed by atoms with Gasteiger partial charge >= 0.3 is 0 Å². The molecule has 0 aliphatic rings. The monoisotopic (exact) mass is 450 g/mol. The number of nitrogens with zero attached hydrogens (tertiary/aromatic N) is 4. The average Bonchev–Trinajstić information content (AvgIpc) is 2.82. The fraction of sp³-hybridized carbons (Fsp3) is 0.360. The molecule has 0 fully saturated rings. The van der Waals surface area contributed by atoms with E-state index in [1.54, 1.807) is 12.4 Å². The second-order valence-electron chi connectivity index (χ2n) is 7.29. The standard InChI is InChI=1S/C25H34N6O2/c1-5-30(6-2)22-13-9-20(10-14-22)18-26-28-24(32)17-25(33)29-27-19-21-11-15-23(16-12-21)31(7-3)8-4/h9-16,18-19H,5-8,17H2,1-4H3,(H,28,32)(H,29,33)/b26-18+,27-19+. The maximum absolute atomic E-state index is 11.9. The van der Waals surface area contributed by atoms with Crippen molar-refractivity contribution in [3.05, 3.63) is 59.7 Å². The summed E-state index contributed by atoms with van der Waals surface area (Å²) in [5, 5.41) is 7.83. The summed E-state index contributed by atoms with van der Waals surface area (Å²) < 4.78 is 0. The van der Waals surface area contributed by atoms with E-state index in [0.717, 1.165) is 48.7 Å². The first-order valence-corrected chi connectivity index (χ1v) is 11.3. The maximum atomic E-state index is 11.9. The summed E-state index contributed by atoms with van der Waals surface area (Å²) in [6, 6.07) is 15.8. The van der Waals surface area contributed by atoms with Gasteiger partial charge in [-0.25, -0.2) is 10.9 Å². The molecule has 0 saturated heterocycles. The molecule has 0 aromatic heterocycles. The van der Waals surface area contributed by atoms with Crippen molar-refractivity contribution >= 4 is 35.6 Å². The van der Waals surface area contributed by atoms with Crippen LogP contribution in [0.2, 0.25) is 0 Å². The minimum atomic E-state index is -0.512. The first-order valence-electron chi connectivity index (χ1n) is 11.3. The number of amides is 2. The van der Waals surface area contributed by atoms with Crippen LogP contribution in [-0.4, -0.2) is 50.4 Å². The van der Waals surface area contributed by atoms with Gasteiger partial charge in [0.2, 0.25) is 11.8 Å². The Hall–Kier alpha value is -3.68. The highest BCUT2D eigenvalue weighted by Crippen LogP contribution is 2.14. The Labute approximate surface area is 196 Å². The number of benzene rings is 2. The van der Waals surface area contributed by atoms with Crippen molar-refractivity contribution in [3.63, 3.8) is 0 Å². The Balaban J connectivity index is 1.76. The zero-order valence-corrected chi connectivity index (χ0v) is 19.9. The lowest BCUT2D eigenvalue weighted by Gasteiger charge is -2.20. The van der Waals surface area contributed by atoms with Gasteiger partial charge in [0, 0.05) is 37.6 Å². The van der Waals surface area contributed by atoms with Crippen LogP contribution in [0.5, 0.6) is 0 Å². The Morgan fingerprint density at radius 1 is 0.667 bits per heavy atom. The highest BCUT2D eigenvalue weighted by atomic mass is 16.2. The summed E-state index contributed by atoms with van der Waals surface area (Å²) in [7, 11) is 0. The molecule has 2 amide bonds. The molecule has 0 bridgehead atoms. The van der Waals surface area contributed by atoms with E-state index in [0.29, 0.717) is 0 Å². The number of hydrazone groups is 2. The summed E-state index contributed by atoms with van der Waals surface area (Å²) in [6.07, 6.45) is 2.72. The molecule has 2 aromatic carbocycles. The average molecular weight is 451 g/mol. The van der Waals surface area contributed by atoms with Gasteiger partial charge in [0.15, 0.2) is 0 Å². The molecule has 0 aliphatic carbocycles. The van der Waals surface area contributed by atoms with E-state index in [2.05, 4.69) is 58.5 Å². The summed E-state index contributed by atoms with van der Waals surface area (Å²) in [4.78, 5) is 28.3. The number of carbonyl (C=O) groups is 2. The predicted molar refractivity (Wildman–Crippen MR) is 136 cm³/mol. The van der Waals surface area contributed by atoms with Crippen molar-refractivity contribution in [1.82, 2.24) is 10.9 Å². The van der Waals surface area contributed by atoms with E-state index in [1.165, 1.54) is 0 Å². The molecular formula is C25H34N6O2. The molecule has 8 heteroatoms. The fourth-order valence-corrected chi connectivity index (χ4v) is 3.30. The predicted octanol–water partition coefficient (Wildman–Crippen LogP) is 3.37. The second kappa shape index (κ2) is 13.7. The molecule has 2 rings (SSSR count). The van der Waals surface area contributed by atoms with Crippen molar-refractivity contribution in [1.29, 1.82) is 0 Å². The van der Waals surface area contributed by atoms with Gasteiger partial charge in [-0.05, 0) is 63.1 Å². The van der Waals surface area contributed by atoms with E-state index in [1.807, 2.05) is 48.5 Å². The Morgan fingerprint density at radius 2 is 1.00 bits per heavy atom. The lowest BCUT2D eigenvalue weighted by molar-refractivity contribution is -0.129. The van der Waals surface area contributed by atoms with Crippen molar-refractivity contribution in [2.24, 2.45) is 10.2 Å². The minimum Gasteiger partial charge on any atom is -0.372 e. The van der Waals surface area contributed by atoms with Gasteiger partial charge in [-0.3, -0.25) is 9.59 Å². The number of carbonyl (C=O) groups excluding carboxylic acids is 2. The molecule has 2 N–H and O–H groups in total. The van der Waals surface area contributed by atoms with Crippen LogP contribution >= 0.6 is 0 Å². The molecule has 0 unspecified atom stereocenters. The van der Waals surface area contributed by atoms with Crippen LogP contribution in [0.25, 0.3) is 0 Å². The smallest absolute Gasteiger partial charge is 0.249 e. The van der Waals surface area contributed by atoms with Gasteiger partial charge in [0.25, 0.3) is 0 Å². The summed E-state index contributed by atoms with van der Waals surface area (Å²) in [6.45, 7) is 12.2. The molecule has 0 saturated carbocycles. The molecule has 8 nitrogen and oxygen atoms in total. The zero-order chi connectivity index (χ0) is 24.1. The van der Waals surface area contributed by atoms with Crippen LogP contribution in [0.1, 0.15) is 45.2 Å². The van der Waals surface area contributed by atoms with Gasteiger partial charge in [-0.15, -0.1) is 0 Å². The zero-order valence-electron chi connectivity index (χ0n) is 19.9. The van der Waals surface area contributed by atoms with Gasteiger partial charge in [-0.1, -0.05) is 24.3 Å². The largest absolute Gasteiger partial charge is 0.372 e. The van der Waals surface area contributed by atoms with Crippen LogP contribution in [0.4, 0.5) is 11.4 Å². The van der Waals surface area contributed by atoms with Crippen LogP contribution in [0.15, 0.2) is 58.7 Å². The van der Waals surface area contributed by atoms with Crippen molar-refractivity contribution in [3.8, 4) is 0 Å². The SMILES string of the molecule is CCN(CC)c1ccc(/C=N/NC(=O)CC(=O)N/N=C/c2ccc(N(CC)CC)cc2)cc1. The molecule has 33 heavy (non-hydrogen) atoms. The summed E-state index contributed by atoms with van der Waals surface area (Å²) in [5.74, 6) is -1.02. The minimum absolute atomic E-state index is 0.365. The van der Waals surface area contributed by atoms with Crippen molar-refractivity contribution in [2.45, 2.75) is 34.1 Å². The molecule has 0 aliphatic heterocycles. The van der Waals surface area contributed by atoms with Crippen molar-refractivity contribution in [2.75, 3.05) is 36.0 Å². The quantitative estimate of drug-likeness (QED) is 0.295. The van der Waals surface area contributed by atoms with Gasteiger partial charge in [-0.2, -0.15) is 10.2 Å². The number of anilines is 2. The molecule has 0 spiro atoms.